The van der Waals surface area contributed by atoms with Crippen molar-refractivity contribution in [1.82, 2.24) is 9.78 Å². The summed E-state index contributed by atoms with van der Waals surface area (Å²) in [5.41, 5.74) is 1.41. The highest BCUT2D eigenvalue weighted by Crippen LogP contribution is 2.24. The van der Waals surface area contributed by atoms with Crippen LogP contribution in [-0.2, 0) is 9.53 Å². The number of benzene rings is 2. The lowest BCUT2D eigenvalue weighted by molar-refractivity contribution is -0.118. The number of carbonyl (C=O) groups excluding carboxylic acids is 2. The van der Waals surface area contributed by atoms with Crippen LogP contribution in [0.4, 0.5) is 5.69 Å². The number of anilines is 1. The van der Waals surface area contributed by atoms with Crippen LogP contribution in [0.3, 0.4) is 0 Å². The molecule has 0 saturated heterocycles. The summed E-state index contributed by atoms with van der Waals surface area (Å²) in [6.45, 7) is 0. The number of methoxy groups -OCH3 is 1. The zero-order valence-electron chi connectivity index (χ0n) is 13.9. The first-order valence-corrected chi connectivity index (χ1v) is 8.20. The number of ether oxygens (including phenoxy) is 1. The molecule has 132 valence electrons. The number of rotatable bonds is 5. The number of amides is 1. The third-order valence-corrected chi connectivity index (χ3v) is 4.12. The molecule has 0 saturated carbocycles. The number of esters is 1. The van der Waals surface area contributed by atoms with E-state index in [0.29, 0.717) is 5.69 Å². The third kappa shape index (κ3) is 3.75. The van der Waals surface area contributed by atoms with E-state index in [2.05, 4.69) is 10.4 Å². The molecule has 0 spiro atoms. The van der Waals surface area contributed by atoms with Gasteiger partial charge >= 0.3 is 5.97 Å². The number of carbonyl (C=O) groups is 2. The highest BCUT2D eigenvalue weighted by molar-refractivity contribution is 6.33. The smallest absolute Gasteiger partial charge is 0.339 e. The molecule has 1 atom stereocenters. The lowest BCUT2D eigenvalue weighted by Crippen LogP contribution is -2.27. The van der Waals surface area contributed by atoms with Crippen LogP contribution >= 0.6 is 11.6 Å². The second-order valence-corrected chi connectivity index (χ2v) is 5.88. The van der Waals surface area contributed by atoms with E-state index in [0.717, 1.165) is 5.56 Å². The molecule has 7 heteroatoms. The van der Waals surface area contributed by atoms with Gasteiger partial charge in [-0.15, -0.1) is 0 Å². The molecule has 1 aromatic heterocycles. The maximum Gasteiger partial charge on any atom is 0.339 e. The van der Waals surface area contributed by atoms with Crippen molar-refractivity contribution in [3.8, 4) is 0 Å². The van der Waals surface area contributed by atoms with Crippen molar-refractivity contribution < 1.29 is 14.3 Å². The Morgan fingerprint density at radius 1 is 1.15 bits per heavy atom. The Balaban J connectivity index is 1.91. The summed E-state index contributed by atoms with van der Waals surface area (Å²) in [6.07, 6.45) is 3.33. The largest absolute Gasteiger partial charge is 0.465 e. The molecule has 1 N–H and O–H groups in total. The van der Waals surface area contributed by atoms with Crippen molar-refractivity contribution in [3.63, 3.8) is 0 Å². The Kier molecular flexibility index (Phi) is 5.34. The maximum absolute atomic E-state index is 12.9. The maximum atomic E-state index is 12.9. The molecule has 6 nitrogen and oxygen atoms in total. The van der Waals surface area contributed by atoms with Crippen LogP contribution in [0.2, 0.25) is 5.02 Å². The van der Waals surface area contributed by atoms with E-state index in [-0.39, 0.29) is 16.5 Å². The van der Waals surface area contributed by atoms with Crippen LogP contribution < -0.4 is 5.32 Å². The predicted molar refractivity (Wildman–Crippen MR) is 98.2 cm³/mol. The van der Waals surface area contributed by atoms with E-state index in [1.807, 2.05) is 30.3 Å². The van der Waals surface area contributed by atoms with Gasteiger partial charge in [0.05, 0.1) is 17.7 Å². The van der Waals surface area contributed by atoms with Gasteiger partial charge in [-0.1, -0.05) is 41.9 Å². The number of nitrogens with zero attached hydrogens (tertiary/aromatic N) is 2. The zero-order chi connectivity index (χ0) is 18.5. The molecule has 2 aromatic carbocycles. The van der Waals surface area contributed by atoms with Crippen LogP contribution in [-0.4, -0.2) is 28.8 Å². The van der Waals surface area contributed by atoms with Gasteiger partial charge in [0.15, 0.2) is 6.04 Å². The van der Waals surface area contributed by atoms with E-state index < -0.39 is 12.0 Å². The summed E-state index contributed by atoms with van der Waals surface area (Å²) < 4.78 is 6.27. The van der Waals surface area contributed by atoms with Crippen molar-refractivity contribution in [2.75, 3.05) is 12.4 Å². The van der Waals surface area contributed by atoms with Crippen LogP contribution in [0.15, 0.2) is 67.0 Å². The topological polar surface area (TPSA) is 73.2 Å². The summed E-state index contributed by atoms with van der Waals surface area (Å²) in [5.74, 6) is -0.865. The van der Waals surface area contributed by atoms with Crippen molar-refractivity contribution in [3.05, 3.63) is 83.1 Å². The van der Waals surface area contributed by atoms with Gasteiger partial charge in [0.25, 0.3) is 5.91 Å². The normalized spacial score (nSPS) is 11.6. The summed E-state index contributed by atoms with van der Waals surface area (Å²) in [6, 6.07) is 15.0. The Labute approximate surface area is 155 Å². The lowest BCUT2D eigenvalue weighted by Gasteiger charge is -2.18. The van der Waals surface area contributed by atoms with Crippen LogP contribution in [0, 0.1) is 0 Å². The fourth-order valence-electron chi connectivity index (χ4n) is 2.57. The SMILES string of the molecule is COC(=O)c1cc(NC(=O)C(c2ccccc2)n2cccn2)ccc1Cl. The lowest BCUT2D eigenvalue weighted by atomic mass is 10.1. The van der Waals surface area contributed by atoms with E-state index in [9.17, 15) is 9.59 Å². The minimum atomic E-state index is -0.650. The first-order chi connectivity index (χ1) is 12.6. The van der Waals surface area contributed by atoms with Crippen molar-refractivity contribution in [2.24, 2.45) is 0 Å². The average Bonchev–Trinajstić information content (AvgIpc) is 3.18. The Hall–Kier alpha value is -3.12. The quantitative estimate of drug-likeness (QED) is 0.698. The second kappa shape index (κ2) is 7.84. The van der Waals surface area contributed by atoms with Gasteiger partial charge in [0.2, 0.25) is 0 Å². The molecule has 1 unspecified atom stereocenters. The van der Waals surface area contributed by atoms with Crippen molar-refractivity contribution in [1.29, 1.82) is 0 Å². The molecule has 0 aliphatic heterocycles. The summed E-state index contributed by atoms with van der Waals surface area (Å²) in [7, 11) is 1.27. The first-order valence-electron chi connectivity index (χ1n) is 7.83. The fraction of sp³-hybridized carbons (Fsp3) is 0.105. The monoisotopic (exact) mass is 369 g/mol. The van der Waals surface area contributed by atoms with E-state index in [1.165, 1.54) is 19.2 Å². The van der Waals surface area contributed by atoms with Crippen LogP contribution in [0.25, 0.3) is 0 Å². The Morgan fingerprint density at radius 2 is 1.92 bits per heavy atom. The molecule has 0 aliphatic rings. The Morgan fingerprint density at radius 3 is 2.58 bits per heavy atom. The molecule has 1 heterocycles. The van der Waals surface area contributed by atoms with Gasteiger partial charge in [-0.25, -0.2) is 4.79 Å². The fourth-order valence-corrected chi connectivity index (χ4v) is 2.77. The van der Waals surface area contributed by atoms with Gasteiger partial charge in [-0.3, -0.25) is 9.48 Å². The highest BCUT2D eigenvalue weighted by atomic mass is 35.5. The van der Waals surface area contributed by atoms with E-state index in [1.54, 1.807) is 29.2 Å². The zero-order valence-corrected chi connectivity index (χ0v) is 14.7. The molecular formula is C19H16ClN3O3. The number of aromatic nitrogens is 2. The molecule has 26 heavy (non-hydrogen) atoms. The molecule has 1 amide bonds. The van der Waals surface area contributed by atoms with E-state index in [4.69, 9.17) is 16.3 Å². The summed E-state index contributed by atoms with van der Waals surface area (Å²) in [5, 5.41) is 7.25. The van der Waals surface area contributed by atoms with Gasteiger partial charge in [-0.05, 0) is 29.8 Å². The van der Waals surface area contributed by atoms with Crippen LogP contribution in [0.5, 0.6) is 0 Å². The molecule has 0 bridgehead atoms. The number of nitrogens with one attached hydrogen (secondary N) is 1. The second-order valence-electron chi connectivity index (χ2n) is 5.47. The van der Waals surface area contributed by atoms with Gasteiger partial charge in [-0.2, -0.15) is 5.10 Å². The van der Waals surface area contributed by atoms with Gasteiger partial charge in [0, 0.05) is 18.1 Å². The average molecular weight is 370 g/mol. The van der Waals surface area contributed by atoms with E-state index >= 15 is 0 Å². The molecule has 3 aromatic rings. The number of hydrogen-bond donors (Lipinski definition) is 1. The number of hydrogen-bond acceptors (Lipinski definition) is 4. The Bertz CT molecular complexity index is 911. The van der Waals surface area contributed by atoms with Crippen molar-refractivity contribution >= 4 is 29.2 Å². The molecule has 0 aliphatic carbocycles. The minimum Gasteiger partial charge on any atom is -0.465 e. The highest BCUT2D eigenvalue weighted by Gasteiger charge is 2.23. The third-order valence-electron chi connectivity index (χ3n) is 3.79. The van der Waals surface area contributed by atoms with Gasteiger partial charge < -0.3 is 10.1 Å². The molecule has 0 fully saturated rings. The minimum absolute atomic E-state index is 0.183. The first kappa shape index (κ1) is 17.7. The molecule has 3 rings (SSSR count). The molecular weight excluding hydrogens is 354 g/mol. The summed E-state index contributed by atoms with van der Waals surface area (Å²) >= 11 is 6.02. The van der Waals surface area contributed by atoms with Gasteiger partial charge in [0.1, 0.15) is 0 Å². The number of halogens is 1. The predicted octanol–water partition coefficient (Wildman–Crippen LogP) is 3.55. The van der Waals surface area contributed by atoms with Crippen LogP contribution in [0.1, 0.15) is 22.0 Å². The standard InChI is InChI=1S/C19H16ClN3O3/c1-26-19(25)15-12-14(8-9-16(15)20)22-18(24)17(23-11-5-10-21-23)13-6-3-2-4-7-13/h2-12,17H,1H3,(H,22,24). The van der Waals surface area contributed by atoms with Crippen molar-refractivity contribution in [2.45, 2.75) is 6.04 Å². The summed E-state index contributed by atoms with van der Waals surface area (Å²) in [4.78, 5) is 24.7. The molecule has 0 radical (unpaired) electrons.